The Labute approximate surface area is 80.0 Å². The van der Waals surface area contributed by atoms with Gasteiger partial charge in [0, 0.05) is 18.6 Å². The zero-order valence-electron chi connectivity index (χ0n) is 8.51. The van der Waals surface area contributed by atoms with Gasteiger partial charge in [-0.25, -0.2) is 0 Å². The molecule has 2 nitrogen and oxygen atoms in total. The van der Waals surface area contributed by atoms with Crippen molar-refractivity contribution < 1.29 is 9.53 Å². The first-order valence-corrected chi connectivity index (χ1v) is 4.86. The zero-order valence-corrected chi connectivity index (χ0v) is 8.51. The summed E-state index contributed by atoms with van der Waals surface area (Å²) in [5.74, 6) is 0. The van der Waals surface area contributed by atoms with Gasteiger partial charge in [0.15, 0.2) is 0 Å². The lowest BCUT2D eigenvalue weighted by atomic mass is 9.78. The molecule has 1 aliphatic rings. The SMILES string of the molecule is CC(C)=CCC1(C=O)CCOCC1. The van der Waals surface area contributed by atoms with E-state index in [4.69, 9.17) is 4.74 Å². The van der Waals surface area contributed by atoms with Crippen molar-refractivity contribution in [3.05, 3.63) is 11.6 Å². The maximum Gasteiger partial charge on any atom is 0.126 e. The average molecular weight is 182 g/mol. The molecule has 74 valence electrons. The second-order valence-corrected chi connectivity index (χ2v) is 4.08. The first kappa shape index (κ1) is 10.5. The third-order valence-corrected chi connectivity index (χ3v) is 2.66. The minimum atomic E-state index is -0.129. The van der Waals surface area contributed by atoms with Gasteiger partial charge >= 0.3 is 0 Å². The van der Waals surface area contributed by atoms with Crippen LogP contribution >= 0.6 is 0 Å². The van der Waals surface area contributed by atoms with E-state index in [1.54, 1.807) is 0 Å². The molecule has 0 aliphatic carbocycles. The quantitative estimate of drug-likeness (QED) is 0.494. The van der Waals surface area contributed by atoms with E-state index >= 15 is 0 Å². The molecule has 0 aromatic rings. The normalized spacial score (nSPS) is 20.8. The molecule has 0 amide bonds. The minimum Gasteiger partial charge on any atom is -0.381 e. The van der Waals surface area contributed by atoms with Crippen molar-refractivity contribution in [3.63, 3.8) is 0 Å². The maximum absolute atomic E-state index is 11.0. The monoisotopic (exact) mass is 182 g/mol. The number of aldehydes is 1. The molecule has 0 atom stereocenters. The van der Waals surface area contributed by atoms with Crippen molar-refractivity contribution in [1.29, 1.82) is 0 Å². The van der Waals surface area contributed by atoms with Crippen molar-refractivity contribution in [2.24, 2.45) is 5.41 Å². The number of rotatable bonds is 3. The molecule has 13 heavy (non-hydrogen) atoms. The Morgan fingerprint density at radius 2 is 2.00 bits per heavy atom. The highest BCUT2D eigenvalue weighted by molar-refractivity contribution is 5.60. The van der Waals surface area contributed by atoms with Crippen LogP contribution in [-0.4, -0.2) is 19.5 Å². The summed E-state index contributed by atoms with van der Waals surface area (Å²) < 4.78 is 5.25. The van der Waals surface area contributed by atoms with E-state index in [0.29, 0.717) is 0 Å². The second-order valence-electron chi connectivity index (χ2n) is 4.08. The van der Waals surface area contributed by atoms with E-state index < -0.39 is 0 Å². The molecule has 0 spiro atoms. The summed E-state index contributed by atoms with van der Waals surface area (Å²) in [5.41, 5.74) is 1.16. The summed E-state index contributed by atoms with van der Waals surface area (Å²) in [6.07, 6.45) is 5.90. The summed E-state index contributed by atoms with van der Waals surface area (Å²) >= 11 is 0. The highest BCUT2D eigenvalue weighted by Crippen LogP contribution is 2.32. The van der Waals surface area contributed by atoms with E-state index in [0.717, 1.165) is 38.8 Å². The van der Waals surface area contributed by atoms with Crippen LogP contribution in [0, 0.1) is 5.41 Å². The molecule has 0 saturated carbocycles. The maximum atomic E-state index is 11.0. The highest BCUT2D eigenvalue weighted by Gasteiger charge is 2.30. The van der Waals surface area contributed by atoms with Gasteiger partial charge < -0.3 is 9.53 Å². The van der Waals surface area contributed by atoms with Gasteiger partial charge in [-0.15, -0.1) is 0 Å². The van der Waals surface area contributed by atoms with E-state index in [9.17, 15) is 4.79 Å². The Kier molecular flexibility index (Phi) is 3.67. The van der Waals surface area contributed by atoms with Gasteiger partial charge in [0.25, 0.3) is 0 Å². The molecule has 0 N–H and O–H groups in total. The van der Waals surface area contributed by atoms with Gasteiger partial charge in [0.2, 0.25) is 0 Å². The Balaban J connectivity index is 2.57. The summed E-state index contributed by atoms with van der Waals surface area (Å²) in [6.45, 7) is 5.60. The van der Waals surface area contributed by atoms with Crippen LogP contribution in [0.4, 0.5) is 0 Å². The fraction of sp³-hybridized carbons (Fsp3) is 0.727. The Hall–Kier alpha value is -0.630. The number of carbonyl (C=O) groups is 1. The molecule has 0 bridgehead atoms. The molecule has 0 unspecified atom stereocenters. The van der Waals surface area contributed by atoms with E-state index in [1.807, 2.05) is 0 Å². The van der Waals surface area contributed by atoms with Crippen molar-refractivity contribution in [3.8, 4) is 0 Å². The highest BCUT2D eigenvalue weighted by atomic mass is 16.5. The van der Waals surface area contributed by atoms with E-state index in [2.05, 4.69) is 19.9 Å². The van der Waals surface area contributed by atoms with Crippen LogP contribution in [0.5, 0.6) is 0 Å². The molecule has 1 fully saturated rings. The second kappa shape index (κ2) is 4.56. The number of hydrogen-bond donors (Lipinski definition) is 0. The van der Waals surface area contributed by atoms with Gasteiger partial charge in [0.05, 0.1) is 0 Å². The smallest absolute Gasteiger partial charge is 0.126 e. The molecule has 1 saturated heterocycles. The van der Waals surface area contributed by atoms with Crippen LogP contribution in [-0.2, 0) is 9.53 Å². The van der Waals surface area contributed by atoms with E-state index in [1.165, 1.54) is 5.57 Å². The van der Waals surface area contributed by atoms with Gasteiger partial charge in [-0.3, -0.25) is 0 Å². The van der Waals surface area contributed by atoms with Gasteiger partial charge in [-0.2, -0.15) is 0 Å². The number of carbonyl (C=O) groups excluding carboxylic acids is 1. The van der Waals surface area contributed by atoms with Crippen LogP contribution < -0.4 is 0 Å². The summed E-state index contributed by atoms with van der Waals surface area (Å²) in [7, 11) is 0. The van der Waals surface area contributed by atoms with Crippen molar-refractivity contribution in [2.45, 2.75) is 33.1 Å². The summed E-state index contributed by atoms with van der Waals surface area (Å²) in [4.78, 5) is 11.0. The largest absolute Gasteiger partial charge is 0.381 e. The molecule has 2 heteroatoms. The fourth-order valence-corrected chi connectivity index (χ4v) is 1.56. The Bertz CT molecular complexity index is 196. The third kappa shape index (κ3) is 2.96. The van der Waals surface area contributed by atoms with Crippen LogP contribution in [0.2, 0.25) is 0 Å². The third-order valence-electron chi connectivity index (χ3n) is 2.66. The van der Waals surface area contributed by atoms with Crippen molar-refractivity contribution in [2.75, 3.05) is 13.2 Å². The predicted octanol–water partition coefficient (Wildman–Crippen LogP) is 2.34. The van der Waals surface area contributed by atoms with Crippen LogP contribution in [0.3, 0.4) is 0 Å². The number of hydrogen-bond acceptors (Lipinski definition) is 2. The molecule has 0 aromatic carbocycles. The predicted molar refractivity (Wildman–Crippen MR) is 52.6 cm³/mol. The minimum absolute atomic E-state index is 0.129. The lowest BCUT2D eigenvalue weighted by Gasteiger charge is -2.30. The Morgan fingerprint density at radius 1 is 1.38 bits per heavy atom. The molecule has 1 aliphatic heterocycles. The first-order chi connectivity index (χ1) is 6.18. The molecular weight excluding hydrogens is 164 g/mol. The lowest BCUT2D eigenvalue weighted by molar-refractivity contribution is -0.121. The average Bonchev–Trinajstić information content (AvgIpc) is 2.16. The van der Waals surface area contributed by atoms with Crippen LogP contribution in [0.25, 0.3) is 0 Å². The van der Waals surface area contributed by atoms with E-state index in [-0.39, 0.29) is 5.41 Å². The number of allylic oxidation sites excluding steroid dienone is 2. The standard InChI is InChI=1S/C11H18O2/c1-10(2)3-4-11(9-12)5-7-13-8-6-11/h3,9H,4-8H2,1-2H3. The number of ether oxygens (including phenoxy) is 1. The molecule has 1 rings (SSSR count). The van der Waals surface area contributed by atoms with Crippen molar-refractivity contribution >= 4 is 6.29 Å². The van der Waals surface area contributed by atoms with Crippen LogP contribution in [0.15, 0.2) is 11.6 Å². The Morgan fingerprint density at radius 3 is 2.46 bits per heavy atom. The van der Waals surface area contributed by atoms with Gasteiger partial charge in [-0.1, -0.05) is 11.6 Å². The molecule has 0 radical (unpaired) electrons. The van der Waals surface area contributed by atoms with Gasteiger partial charge in [0.1, 0.15) is 6.29 Å². The topological polar surface area (TPSA) is 26.3 Å². The van der Waals surface area contributed by atoms with Crippen LogP contribution in [0.1, 0.15) is 33.1 Å². The lowest BCUT2D eigenvalue weighted by Crippen LogP contribution is -2.30. The summed E-state index contributed by atoms with van der Waals surface area (Å²) in [6, 6.07) is 0. The van der Waals surface area contributed by atoms with Crippen molar-refractivity contribution in [1.82, 2.24) is 0 Å². The zero-order chi connectivity index (χ0) is 9.73. The molecule has 0 aromatic heterocycles. The molecular formula is C11H18O2. The summed E-state index contributed by atoms with van der Waals surface area (Å²) in [5, 5.41) is 0. The molecule has 1 heterocycles. The first-order valence-electron chi connectivity index (χ1n) is 4.86. The fourth-order valence-electron chi connectivity index (χ4n) is 1.56. The van der Waals surface area contributed by atoms with Gasteiger partial charge in [-0.05, 0) is 33.1 Å².